The molecule has 1 atom stereocenters. The number of rotatable bonds is 8. The summed E-state index contributed by atoms with van der Waals surface area (Å²) < 4.78 is 11.4. The summed E-state index contributed by atoms with van der Waals surface area (Å²) in [5.74, 6) is 1.16. The lowest BCUT2D eigenvalue weighted by Crippen LogP contribution is -2.27. The molecule has 1 N–H and O–H groups in total. The van der Waals surface area contributed by atoms with Crippen LogP contribution in [0, 0.1) is 0 Å². The highest BCUT2D eigenvalue weighted by Gasteiger charge is 2.24. The minimum absolute atomic E-state index is 0.0304. The molecule has 166 valence electrons. The van der Waals surface area contributed by atoms with E-state index in [1.54, 1.807) is 13.2 Å². The number of fused-ring (bicyclic) bond motifs is 1. The lowest BCUT2D eigenvalue weighted by molar-refractivity contribution is 0.0932. The number of likely N-dealkylation sites (N-methyl/N-ethyl adjacent to an activating group) is 1. The maximum absolute atomic E-state index is 12.9. The summed E-state index contributed by atoms with van der Waals surface area (Å²) in [6.07, 6.45) is 1.90. The van der Waals surface area contributed by atoms with E-state index < -0.39 is 0 Å². The van der Waals surface area contributed by atoms with E-state index in [1.807, 2.05) is 56.6 Å². The van der Waals surface area contributed by atoms with Crippen LogP contribution >= 0.6 is 0 Å². The zero-order valence-corrected chi connectivity index (χ0v) is 18.8. The molecule has 4 rings (SSSR count). The summed E-state index contributed by atoms with van der Waals surface area (Å²) in [6.45, 7) is 1.38. The number of nitrogens with one attached hydrogen (secondary N) is 1. The maximum Gasteiger partial charge on any atom is 0.270 e. The van der Waals surface area contributed by atoms with Crippen LogP contribution in [0.2, 0.25) is 0 Å². The minimum Gasteiger partial charge on any atom is -0.493 e. The molecule has 6 heteroatoms. The summed E-state index contributed by atoms with van der Waals surface area (Å²) in [5.41, 5.74) is 4.48. The number of hydrogen-bond donors (Lipinski definition) is 1. The summed E-state index contributed by atoms with van der Waals surface area (Å²) in [4.78, 5) is 19.6. The second kappa shape index (κ2) is 9.83. The third kappa shape index (κ3) is 4.92. The molecule has 1 aromatic heterocycles. The van der Waals surface area contributed by atoms with Gasteiger partial charge in [-0.2, -0.15) is 0 Å². The van der Waals surface area contributed by atoms with Crippen LogP contribution in [0.1, 0.15) is 34.1 Å². The molecule has 0 aliphatic heterocycles. The zero-order valence-electron chi connectivity index (χ0n) is 18.8. The first kappa shape index (κ1) is 21.8. The molecule has 1 amide bonds. The molecule has 0 spiro atoms. The van der Waals surface area contributed by atoms with E-state index in [0.717, 1.165) is 24.9 Å². The second-order valence-corrected chi connectivity index (χ2v) is 8.19. The number of benzene rings is 2. The molecule has 6 nitrogen and oxygen atoms in total. The average Bonchev–Trinajstić information content (AvgIpc) is 3.22. The fourth-order valence-corrected chi connectivity index (χ4v) is 3.95. The number of aryl methyl sites for hydroxylation is 1. The van der Waals surface area contributed by atoms with Crippen LogP contribution in [0.15, 0.2) is 60.7 Å². The van der Waals surface area contributed by atoms with Crippen LogP contribution in [0.5, 0.6) is 11.5 Å². The molecule has 1 aliphatic carbocycles. The largest absolute Gasteiger partial charge is 0.493 e. The summed E-state index contributed by atoms with van der Waals surface area (Å²) in [7, 11) is 5.63. The van der Waals surface area contributed by atoms with Crippen molar-refractivity contribution < 1.29 is 14.3 Å². The van der Waals surface area contributed by atoms with Crippen LogP contribution < -0.4 is 14.8 Å². The van der Waals surface area contributed by atoms with Gasteiger partial charge in [0.2, 0.25) is 0 Å². The van der Waals surface area contributed by atoms with E-state index >= 15 is 0 Å². The normalized spacial score (nSPS) is 14.8. The number of ether oxygens (including phenoxy) is 2. The highest BCUT2D eigenvalue weighted by atomic mass is 16.5. The van der Waals surface area contributed by atoms with Gasteiger partial charge in [0.25, 0.3) is 5.91 Å². The maximum atomic E-state index is 12.9. The first-order valence-electron chi connectivity index (χ1n) is 10.9. The van der Waals surface area contributed by atoms with Crippen LogP contribution in [-0.4, -0.2) is 50.1 Å². The van der Waals surface area contributed by atoms with E-state index in [4.69, 9.17) is 9.47 Å². The van der Waals surface area contributed by atoms with Crippen molar-refractivity contribution in [2.24, 2.45) is 0 Å². The van der Waals surface area contributed by atoms with Gasteiger partial charge < -0.3 is 19.7 Å². The van der Waals surface area contributed by atoms with E-state index in [1.165, 1.54) is 11.1 Å². The van der Waals surface area contributed by atoms with Gasteiger partial charge in [-0.1, -0.05) is 30.3 Å². The Hall–Kier alpha value is -3.38. The Morgan fingerprint density at radius 3 is 2.75 bits per heavy atom. The van der Waals surface area contributed by atoms with Crippen LogP contribution in [0.3, 0.4) is 0 Å². The molecule has 0 saturated carbocycles. The number of carbonyl (C=O) groups excluding carboxylic acids is 1. The molecule has 0 radical (unpaired) electrons. The van der Waals surface area contributed by atoms with Gasteiger partial charge in [-0.25, -0.2) is 4.98 Å². The molecular formula is C26H29N3O3. The van der Waals surface area contributed by atoms with Crippen molar-refractivity contribution >= 4 is 5.91 Å². The van der Waals surface area contributed by atoms with Crippen molar-refractivity contribution in [3.8, 4) is 22.8 Å². The third-order valence-corrected chi connectivity index (χ3v) is 5.68. The van der Waals surface area contributed by atoms with Crippen molar-refractivity contribution in [2.75, 3.05) is 34.4 Å². The monoisotopic (exact) mass is 431 g/mol. The molecule has 1 unspecified atom stereocenters. The van der Waals surface area contributed by atoms with Gasteiger partial charge in [0.05, 0.1) is 18.8 Å². The smallest absolute Gasteiger partial charge is 0.270 e. The lowest BCUT2D eigenvalue weighted by Gasteiger charge is -2.15. The third-order valence-electron chi connectivity index (χ3n) is 5.68. The number of amides is 1. The molecule has 0 fully saturated rings. The predicted octanol–water partition coefficient (Wildman–Crippen LogP) is 4.11. The topological polar surface area (TPSA) is 63.7 Å². The fourth-order valence-electron chi connectivity index (χ4n) is 3.95. The molecule has 0 bridgehead atoms. The van der Waals surface area contributed by atoms with Crippen LogP contribution in [0.25, 0.3) is 11.3 Å². The Kier molecular flexibility index (Phi) is 6.71. The quantitative estimate of drug-likeness (QED) is 0.581. The van der Waals surface area contributed by atoms with Gasteiger partial charge in [0, 0.05) is 12.1 Å². The number of methoxy groups -OCH3 is 1. The number of carbonyl (C=O) groups is 1. The van der Waals surface area contributed by atoms with Crippen molar-refractivity contribution in [1.29, 1.82) is 0 Å². The van der Waals surface area contributed by atoms with Crippen LogP contribution in [0.4, 0.5) is 0 Å². The molecule has 32 heavy (non-hydrogen) atoms. The van der Waals surface area contributed by atoms with Crippen molar-refractivity contribution in [3.05, 3.63) is 77.5 Å². The number of pyridine rings is 1. The summed E-state index contributed by atoms with van der Waals surface area (Å²) in [6, 6.07) is 19.5. The van der Waals surface area contributed by atoms with Gasteiger partial charge in [-0.3, -0.25) is 4.79 Å². The van der Waals surface area contributed by atoms with Crippen molar-refractivity contribution in [3.63, 3.8) is 0 Å². The zero-order chi connectivity index (χ0) is 22.5. The Balaban J connectivity index is 1.49. The molecule has 3 aromatic rings. The van der Waals surface area contributed by atoms with Gasteiger partial charge >= 0.3 is 0 Å². The van der Waals surface area contributed by atoms with Crippen molar-refractivity contribution in [1.82, 2.24) is 15.2 Å². The number of aromatic nitrogens is 1. The average molecular weight is 432 g/mol. The Labute approximate surface area is 189 Å². The summed E-state index contributed by atoms with van der Waals surface area (Å²) >= 11 is 0. The SMILES string of the molecule is COc1cc(-c2cccc(C(=O)NC3CCc4ccccc43)n2)ccc1OCCN(C)C. The van der Waals surface area contributed by atoms with Gasteiger partial charge in [0.15, 0.2) is 11.5 Å². The van der Waals surface area contributed by atoms with Gasteiger partial charge in [-0.05, 0) is 68.4 Å². The Morgan fingerprint density at radius 2 is 1.94 bits per heavy atom. The van der Waals surface area contributed by atoms with Crippen LogP contribution in [-0.2, 0) is 6.42 Å². The van der Waals surface area contributed by atoms with Gasteiger partial charge in [-0.15, -0.1) is 0 Å². The first-order chi connectivity index (χ1) is 15.5. The van der Waals surface area contributed by atoms with E-state index in [9.17, 15) is 4.79 Å². The number of nitrogens with zero attached hydrogens (tertiary/aromatic N) is 2. The molecule has 1 aliphatic rings. The predicted molar refractivity (Wildman–Crippen MR) is 125 cm³/mol. The fraction of sp³-hybridized carbons (Fsp3) is 0.308. The summed E-state index contributed by atoms with van der Waals surface area (Å²) in [5, 5.41) is 3.14. The standard InChI is InChI=1S/C26H29N3O3/c1-29(2)15-16-32-24-14-12-19(17-25(24)31-3)21-9-6-10-23(27-21)26(30)28-22-13-11-18-7-4-5-8-20(18)22/h4-10,12,14,17,22H,11,13,15-16H2,1-3H3,(H,28,30). The first-order valence-corrected chi connectivity index (χ1v) is 10.9. The highest BCUT2D eigenvalue weighted by Crippen LogP contribution is 2.33. The minimum atomic E-state index is -0.163. The molecule has 2 aromatic carbocycles. The van der Waals surface area contributed by atoms with E-state index in [-0.39, 0.29) is 11.9 Å². The van der Waals surface area contributed by atoms with Crippen molar-refractivity contribution in [2.45, 2.75) is 18.9 Å². The Morgan fingerprint density at radius 1 is 1.09 bits per heavy atom. The second-order valence-electron chi connectivity index (χ2n) is 8.19. The molecular weight excluding hydrogens is 402 g/mol. The highest BCUT2D eigenvalue weighted by molar-refractivity contribution is 5.93. The van der Waals surface area contributed by atoms with E-state index in [0.29, 0.717) is 29.5 Å². The number of hydrogen-bond acceptors (Lipinski definition) is 5. The lowest BCUT2D eigenvalue weighted by atomic mass is 10.1. The Bertz CT molecular complexity index is 1100. The molecule has 0 saturated heterocycles. The van der Waals surface area contributed by atoms with Gasteiger partial charge in [0.1, 0.15) is 12.3 Å². The molecule has 1 heterocycles. The van der Waals surface area contributed by atoms with E-state index in [2.05, 4.69) is 27.3 Å².